The number of aryl methyl sites for hydroxylation is 1. The summed E-state index contributed by atoms with van der Waals surface area (Å²) >= 11 is 5.18. The number of hydrogen-bond donors (Lipinski definition) is 1. The fraction of sp³-hybridized carbons (Fsp3) is 0.600. The Labute approximate surface area is 132 Å². The summed E-state index contributed by atoms with van der Waals surface area (Å²) in [4.78, 5) is 6.95. The lowest BCUT2D eigenvalue weighted by atomic mass is 10.1. The third kappa shape index (κ3) is 5.57. The molecule has 1 aromatic heterocycles. The lowest BCUT2D eigenvalue weighted by molar-refractivity contribution is 0.141. The highest BCUT2D eigenvalue weighted by atomic mass is 32.1. The minimum absolute atomic E-state index is 0.369. The molecule has 0 bridgehead atoms. The summed E-state index contributed by atoms with van der Waals surface area (Å²) in [6, 6.07) is 1.92. The Bertz CT molecular complexity index is 445. The zero-order valence-corrected chi connectivity index (χ0v) is 13.9. The Balaban J connectivity index is 2.95. The lowest BCUT2D eigenvalue weighted by Gasteiger charge is -2.26. The largest absolute Gasteiger partial charge is 0.389 e. The van der Waals surface area contributed by atoms with Crippen LogP contribution < -0.4 is 10.6 Å². The molecule has 2 N–H and O–H groups in total. The van der Waals surface area contributed by atoms with E-state index in [0.29, 0.717) is 31.4 Å². The van der Waals surface area contributed by atoms with E-state index in [-0.39, 0.29) is 0 Å². The quantitative estimate of drug-likeness (QED) is 0.526. The van der Waals surface area contributed by atoms with Gasteiger partial charge in [0.1, 0.15) is 10.8 Å². The first-order valence-electron chi connectivity index (χ1n) is 7.27. The predicted molar refractivity (Wildman–Crippen MR) is 90.1 cm³/mol. The first kappa shape index (κ1) is 17.8. The molecule has 0 saturated carbocycles. The van der Waals surface area contributed by atoms with Crippen molar-refractivity contribution in [2.75, 3.05) is 44.4 Å². The summed E-state index contributed by atoms with van der Waals surface area (Å²) in [6.45, 7) is 10.1. The summed E-state index contributed by atoms with van der Waals surface area (Å²) < 4.78 is 10.9. The molecule has 0 unspecified atom stereocenters. The van der Waals surface area contributed by atoms with Crippen molar-refractivity contribution >= 4 is 23.0 Å². The van der Waals surface area contributed by atoms with E-state index in [0.717, 1.165) is 30.0 Å². The van der Waals surface area contributed by atoms with Gasteiger partial charge in [-0.25, -0.2) is 4.98 Å². The molecule has 0 aromatic carbocycles. The van der Waals surface area contributed by atoms with Gasteiger partial charge in [0.05, 0.1) is 18.8 Å². The smallest absolute Gasteiger partial charge is 0.139 e. The second-order valence-corrected chi connectivity index (χ2v) is 5.01. The number of hydrogen-bond acceptors (Lipinski definition) is 5. The Kier molecular flexibility index (Phi) is 8.19. The van der Waals surface area contributed by atoms with Gasteiger partial charge in [0.2, 0.25) is 0 Å². The van der Waals surface area contributed by atoms with Crippen LogP contribution in [0, 0.1) is 6.92 Å². The van der Waals surface area contributed by atoms with Gasteiger partial charge in [-0.3, -0.25) is 0 Å². The number of anilines is 1. The Hall–Kier alpha value is -1.24. The molecule has 1 heterocycles. The van der Waals surface area contributed by atoms with Crippen molar-refractivity contribution in [3.05, 3.63) is 23.4 Å². The Morgan fingerprint density at radius 2 is 1.81 bits per heavy atom. The lowest BCUT2D eigenvalue weighted by Crippen LogP contribution is -2.34. The molecule has 118 valence electrons. The van der Waals surface area contributed by atoms with Crippen LogP contribution in [0.4, 0.5) is 5.82 Å². The summed E-state index contributed by atoms with van der Waals surface area (Å²) in [5.74, 6) is 0.807. The van der Waals surface area contributed by atoms with Gasteiger partial charge >= 0.3 is 0 Å². The molecule has 0 saturated heterocycles. The third-order valence-electron chi connectivity index (χ3n) is 3.10. The molecule has 1 rings (SSSR count). The number of pyridine rings is 1. The molecule has 0 aliphatic rings. The maximum atomic E-state index is 5.87. The molecule has 0 atom stereocenters. The van der Waals surface area contributed by atoms with Crippen LogP contribution in [-0.4, -0.2) is 49.5 Å². The van der Waals surface area contributed by atoms with Crippen LogP contribution in [0.5, 0.6) is 0 Å². The number of aromatic nitrogens is 1. The fourth-order valence-corrected chi connectivity index (χ4v) is 2.30. The van der Waals surface area contributed by atoms with E-state index in [1.54, 1.807) is 6.20 Å². The molecule has 0 fully saturated rings. The number of rotatable bonds is 10. The van der Waals surface area contributed by atoms with Crippen LogP contribution in [0.15, 0.2) is 12.3 Å². The maximum Gasteiger partial charge on any atom is 0.139 e. The SMILES string of the molecule is CCOCCN(CCOCC)c1nccc(C)c1C(N)=S. The summed E-state index contributed by atoms with van der Waals surface area (Å²) in [7, 11) is 0. The summed E-state index contributed by atoms with van der Waals surface area (Å²) in [6.07, 6.45) is 1.78. The average Bonchev–Trinajstić information content (AvgIpc) is 2.45. The van der Waals surface area contributed by atoms with Gasteiger partial charge in [0.15, 0.2) is 0 Å². The van der Waals surface area contributed by atoms with Crippen LogP contribution in [0.2, 0.25) is 0 Å². The Morgan fingerprint density at radius 3 is 2.29 bits per heavy atom. The second-order valence-electron chi connectivity index (χ2n) is 4.57. The predicted octanol–water partition coefficient (Wildman–Crippen LogP) is 1.90. The van der Waals surface area contributed by atoms with Crippen molar-refractivity contribution in [3.63, 3.8) is 0 Å². The number of thiocarbonyl (C=S) groups is 1. The van der Waals surface area contributed by atoms with Crippen molar-refractivity contribution in [3.8, 4) is 0 Å². The molecule has 0 spiro atoms. The normalized spacial score (nSPS) is 10.6. The molecular formula is C15H25N3O2S. The first-order valence-corrected chi connectivity index (χ1v) is 7.68. The number of ether oxygens (including phenoxy) is 2. The van der Waals surface area contributed by atoms with Gasteiger partial charge in [0.25, 0.3) is 0 Å². The molecule has 0 aliphatic heterocycles. The fourth-order valence-electron chi connectivity index (χ4n) is 2.05. The van der Waals surface area contributed by atoms with Gasteiger partial charge in [0, 0.05) is 32.5 Å². The summed E-state index contributed by atoms with van der Waals surface area (Å²) in [5.41, 5.74) is 7.73. The van der Waals surface area contributed by atoms with E-state index in [9.17, 15) is 0 Å². The van der Waals surface area contributed by atoms with E-state index in [2.05, 4.69) is 9.88 Å². The first-order chi connectivity index (χ1) is 10.1. The molecule has 6 heteroatoms. The van der Waals surface area contributed by atoms with Gasteiger partial charge in [-0.2, -0.15) is 0 Å². The molecular weight excluding hydrogens is 286 g/mol. The van der Waals surface area contributed by atoms with Crippen LogP contribution in [0.3, 0.4) is 0 Å². The number of nitrogens with zero attached hydrogens (tertiary/aromatic N) is 2. The minimum Gasteiger partial charge on any atom is -0.389 e. The van der Waals surface area contributed by atoms with Crippen LogP contribution in [-0.2, 0) is 9.47 Å². The highest BCUT2D eigenvalue weighted by Crippen LogP contribution is 2.20. The number of nitrogens with two attached hydrogens (primary N) is 1. The van der Waals surface area contributed by atoms with E-state index < -0.39 is 0 Å². The van der Waals surface area contributed by atoms with Crippen molar-refractivity contribution < 1.29 is 9.47 Å². The summed E-state index contributed by atoms with van der Waals surface area (Å²) in [5, 5.41) is 0. The zero-order valence-electron chi connectivity index (χ0n) is 13.1. The van der Waals surface area contributed by atoms with Crippen LogP contribution in [0.25, 0.3) is 0 Å². The molecule has 5 nitrogen and oxygen atoms in total. The van der Waals surface area contributed by atoms with E-state index in [1.165, 1.54) is 0 Å². The molecule has 21 heavy (non-hydrogen) atoms. The van der Waals surface area contributed by atoms with Crippen molar-refractivity contribution in [1.29, 1.82) is 0 Å². The average molecular weight is 311 g/mol. The van der Waals surface area contributed by atoms with E-state index >= 15 is 0 Å². The van der Waals surface area contributed by atoms with Gasteiger partial charge < -0.3 is 20.1 Å². The van der Waals surface area contributed by atoms with E-state index in [1.807, 2.05) is 26.8 Å². The standard InChI is InChI=1S/C15H25N3O2S/c1-4-19-10-8-18(9-11-20-5-2)15-13(14(16)21)12(3)6-7-17-15/h6-7H,4-5,8-11H2,1-3H3,(H2,16,21). The zero-order chi connectivity index (χ0) is 15.7. The highest BCUT2D eigenvalue weighted by molar-refractivity contribution is 7.80. The topological polar surface area (TPSA) is 60.6 Å². The Morgan fingerprint density at radius 1 is 1.24 bits per heavy atom. The highest BCUT2D eigenvalue weighted by Gasteiger charge is 2.16. The van der Waals surface area contributed by atoms with Gasteiger partial charge in [-0.05, 0) is 32.4 Å². The van der Waals surface area contributed by atoms with Crippen molar-refractivity contribution in [2.24, 2.45) is 5.73 Å². The molecule has 0 radical (unpaired) electrons. The monoisotopic (exact) mass is 311 g/mol. The van der Waals surface area contributed by atoms with Crippen LogP contribution >= 0.6 is 12.2 Å². The third-order valence-corrected chi connectivity index (χ3v) is 3.31. The van der Waals surface area contributed by atoms with Crippen LogP contribution in [0.1, 0.15) is 25.0 Å². The van der Waals surface area contributed by atoms with E-state index in [4.69, 9.17) is 27.4 Å². The van der Waals surface area contributed by atoms with Gasteiger partial charge in [-0.1, -0.05) is 12.2 Å². The minimum atomic E-state index is 0.369. The molecule has 1 aromatic rings. The van der Waals surface area contributed by atoms with Crippen molar-refractivity contribution in [2.45, 2.75) is 20.8 Å². The second kappa shape index (κ2) is 9.65. The molecule has 0 amide bonds. The molecule has 0 aliphatic carbocycles. The van der Waals surface area contributed by atoms with Crippen molar-refractivity contribution in [1.82, 2.24) is 4.98 Å². The maximum absolute atomic E-state index is 5.87. The van der Waals surface area contributed by atoms with Gasteiger partial charge in [-0.15, -0.1) is 0 Å².